The summed E-state index contributed by atoms with van der Waals surface area (Å²) >= 11 is 1.66. The third-order valence-corrected chi connectivity index (χ3v) is 5.49. The van der Waals surface area contributed by atoms with Crippen LogP contribution in [0.1, 0.15) is 42.5 Å². The number of carbonyl (C=O) groups is 1. The Hall–Kier alpha value is -1.87. The zero-order chi connectivity index (χ0) is 16.1. The summed E-state index contributed by atoms with van der Waals surface area (Å²) in [5, 5.41) is 2.03. The molecule has 2 atom stereocenters. The summed E-state index contributed by atoms with van der Waals surface area (Å²) < 4.78 is 0. The Labute approximate surface area is 142 Å². The topological polar surface area (TPSA) is 20.3 Å². The molecule has 0 spiro atoms. The van der Waals surface area contributed by atoms with Gasteiger partial charge in [0.05, 0.1) is 0 Å². The molecule has 0 radical (unpaired) electrons. The van der Waals surface area contributed by atoms with E-state index in [4.69, 9.17) is 0 Å². The van der Waals surface area contributed by atoms with Crippen molar-refractivity contribution in [2.24, 2.45) is 0 Å². The lowest BCUT2D eigenvalue weighted by molar-refractivity contribution is -0.127. The van der Waals surface area contributed by atoms with Crippen molar-refractivity contribution in [3.05, 3.63) is 64.4 Å². The van der Waals surface area contributed by atoms with E-state index in [1.165, 1.54) is 5.56 Å². The van der Waals surface area contributed by atoms with Crippen LogP contribution < -0.4 is 0 Å². The molecule has 2 unspecified atom stereocenters. The molecule has 1 saturated heterocycles. The minimum Gasteiger partial charge on any atom is -0.336 e. The smallest absolute Gasteiger partial charge is 0.246 e. The molecule has 1 aromatic carbocycles. The van der Waals surface area contributed by atoms with E-state index in [1.54, 1.807) is 17.4 Å². The van der Waals surface area contributed by atoms with E-state index in [-0.39, 0.29) is 5.91 Å². The van der Waals surface area contributed by atoms with Crippen molar-refractivity contribution in [2.75, 3.05) is 6.54 Å². The first-order chi connectivity index (χ1) is 11.3. The van der Waals surface area contributed by atoms with E-state index in [1.807, 2.05) is 23.6 Å². The maximum absolute atomic E-state index is 12.6. The zero-order valence-electron chi connectivity index (χ0n) is 13.5. The molecule has 1 amide bonds. The van der Waals surface area contributed by atoms with E-state index in [2.05, 4.69) is 42.2 Å². The number of likely N-dealkylation sites (tertiary alicyclic amines) is 1. The van der Waals surface area contributed by atoms with Gasteiger partial charge in [-0.25, -0.2) is 0 Å². The zero-order valence-corrected chi connectivity index (χ0v) is 14.3. The van der Waals surface area contributed by atoms with Crippen LogP contribution in [0, 0.1) is 0 Å². The molecule has 2 aromatic rings. The molecule has 3 rings (SSSR count). The van der Waals surface area contributed by atoms with Crippen LogP contribution in [0.5, 0.6) is 0 Å². The summed E-state index contributed by atoms with van der Waals surface area (Å²) in [6, 6.07) is 15.0. The van der Waals surface area contributed by atoms with Crippen molar-refractivity contribution in [1.29, 1.82) is 0 Å². The lowest BCUT2D eigenvalue weighted by Gasteiger charge is -2.31. The van der Waals surface area contributed by atoms with E-state index < -0.39 is 0 Å². The number of amides is 1. The molecule has 2 heterocycles. The Morgan fingerprint density at radius 1 is 1.30 bits per heavy atom. The predicted octanol–water partition coefficient (Wildman–Crippen LogP) is 4.95. The summed E-state index contributed by atoms with van der Waals surface area (Å²) in [5.74, 6) is 0.577. The van der Waals surface area contributed by atoms with Gasteiger partial charge in [0.1, 0.15) is 0 Å². The molecule has 1 aliphatic rings. The quantitative estimate of drug-likeness (QED) is 0.713. The van der Waals surface area contributed by atoms with Crippen LogP contribution in [0.3, 0.4) is 0 Å². The Kier molecular flexibility index (Phi) is 5.29. The van der Waals surface area contributed by atoms with Gasteiger partial charge in [0.15, 0.2) is 0 Å². The van der Waals surface area contributed by atoms with Crippen LogP contribution >= 0.6 is 11.3 Å². The molecule has 0 aliphatic carbocycles. The number of hydrogen-bond donors (Lipinski definition) is 0. The van der Waals surface area contributed by atoms with Crippen molar-refractivity contribution < 1.29 is 4.79 Å². The maximum atomic E-state index is 12.6. The van der Waals surface area contributed by atoms with E-state index in [0.29, 0.717) is 12.0 Å². The fourth-order valence-corrected chi connectivity index (χ4v) is 4.17. The van der Waals surface area contributed by atoms with Gasteiger partial charge in [-0.1, -0.05) is 43.3 Å². The standard InChI is InChI=1S/C20H23NOS/c1-2-18(16-8-4-3-5-9-16)19-11-6-14-21(19)20(22)13-12-17-10-7-15-23-17/h3-5,7-10,12-13,15,18-19H,2,6,11,14H2,1H3/b13-12+. The summed E-state index contributed by atoms with van der Waals surface area (Å²) in [6.45, 7) is 3.10. The van der Waals surface area contributed by atoms with Gasteiger partial charge < -0.3 is 4.90 Å². The Bertz CT molecular complexity index is 648. The molecule has 3 heteroatoms. The van der Waals surface area contributed by atoms with Gasteiger partial charge in [-0.3, -0.25) is 4.79 Å². The van der Waals surface area contributed by atoms with Crippen molar-refractivity contribution in [2.45, 2.75) is 38.1 Å². The lowest BCUT2D eigenvalue weighted by atomic mass is 9.87. The molecule has 0 saturated carbocycles. The highest BCUT2D eigenvalue weighted by Gasteiger charge is 2.33. The van der Waals surface area contributed by atoms with Crippen LogP contribution in [0.2, 0.25) is 0 Å². The molecule has 0 N–H and O–H groups in total. The number of hydrogen-bond acceptors (Lipinski definition) is 2. The summed E-state index contributed by atoms with van der Waals surface area (Å²) in [7, 11) is 0. The fourth-order valence-electron chi connectivity index (χ4n) is 3.55. The van der Waals surface area contributed by atoms with Crippen LogP contribution in [0.4, 0.5) is 0 Å². The molecule has 23 heavy (non-hydrogen) atoms. The van der Waals surface area contributed by atoms with Gasteiger partial charge in [-0.05, 0) is 42.3 Å². The Morgan fingerprint density at radius 2 is 2.13 bits per heavy atom. The van der Waals surface area contributed by atoms with Gasteiger partial charge in [0, 0.05) is 29.5 Å². The van der Waals surface area contributed by atoms with E-state index in [9.17, 15) is 4.79 Å². The van der Waals surface area contributed by atoms with Gasteiger partial charge in [-0.15, -0.1) is 11.3 Å². The van der Waals surface area contributed by atoms with Crippen LogP contribution in [0.25, 0.3) is 6.08 Å². The van der Waals surface area contributed by atoms with Crippen molar-refractivity contribution in [1.82, 2.24) is 4.90 Å². The molecular formula is C20H23NOS. The number of benzene rings is 1. The molecule has 2 nitrogen and oxygen atoms in total. The largest absolute Gasteiger partial charge is 0.336 e. The first kappa shape index (κ1) is 16.0. The maximum Gasteiger partial charge on any atom is 0.246 e. The van der Waals surface area contributed by atoms with Crippen LogP contribution in [0.15, 0.2) is 53.9 Å². The average Bonchev–Trinajstić information content (AvgIpc) is 3.26. The second kappa shape index (κ2) is 7.60. The minimum absolute atomic E-state index is 0.148. The van der Waals surface area contributed by atoms with Gasteiger partial charge >= 0.3 is 0 Å². The summed E-state index contributed by atoms with van der Waals surface area (Å²) in [4.78, 5) is 15.8. The molecule has 0 bridgehead atoms. The molecule has 1 aliphatic heterocycles. The third kappa shape index (κ3) is 3.73. The summed E-state index contributed by atoms with van der Waals surface area (Å²) in [5.41, 5.74) is 1.35. The highest BCUT2D eigenvalue weighted by Crippen LogP contribution is 2.33. The van der Waals surface area contributed by atoms with Crippen LogP contribution in [-0.2, 0) is 4.79 Å². The van der Waals surface area contributed by atoms with Gasteiger partial charge in [0.25, 0.3) is 0 Å². The highest BCUT2D eigenvalue weighted by atomic mass is 32.1. The lowest BCUT2D eigenvalue weighted by Crippen LogP contribution is -2.38. The van der Waals surface area contributed by atoms with E-state index in [0.717, 1.165) is 30.7 Å². The van der Waals surface area contributed by atoms with Crippen LogP contribution in [-0.4, -0.2) is 23.4 Å². The second-order valence-electron chi connectivity index (χ2n) is 6.02. The van der Waals surface area contributed by atoms with E-state index >= 15 is 0 Å². The number of nitrogens with zero attached hydrogens (tertiary/aromatic N) is 1. The minimum atomic E-state index is 0.148. The third-order valence-electron chi connectivity index (χ3n) is 4.65. The molecule has 1 fully saturated rings. The average molecular weight is 325 g/mol. The second-order valence-corrected chi connectivity index (χ2v) is 6.99. The molecule has 1 aromatic heterocycles. The fraction of sp³-hybridized carbons (Fsp3) is 0.350. The van der Waals surface area contributed by atoms with Crippen molar-refractivity contribution in [3.63, 3.8) is 0 Å². The van der Waals surface area contributed by atoms with Gasteiger partial charge in [0.2, 0.25) is 5.91 Å². The molecule has 120 valence electrons. The Balaban J connectivity index is 1.75. The Morgan fingerprint density at radius 3 is 2.83 bits per heavy atom. The number of carbonyl (C=O) groups excluding carboxylic acids is 1. The number of rotatable bonds is 5. The van der Waals surface area contributed by atoms with Crippen molar-refractivity contribution >= 4 is 23.3 Å². The molecular weight excluding hydrogens is 302 g/mol. The van der Waals surface area contributed by atoms with Crippen molar-refractivity contribution in [3.8, 4) is 0 Å². The monoisotopic (exact) mass is 325 g/mol. The summed E-state index contributed by atoms with van der Waals surface area (Å²) in [6.07, 6.45) is 6.94. The van der Waals surface area contributed by atoms with Gasteiger partial charge in [-0.2, -0.15) is 0 Å². The SMILES string of the molecule is CCC(c1ccccc1)C1CCCN1C(=O)/C=C/c1cccs1. The predicted molar refractivity (Wildman–Crippen MR) is 97.6 cm³/mol. The normalized spacial score (nSPS) is 19.3. The number of thiophene rings is 1. The first-order valence-electron chi connectivity index (χ1n) is 8.36. The highest BCUT2D eigenvalue weighted by molar-refractivity contribution is 7.10. The first-order valence-corrected chi connectivity index (χ1v) is 9.24.